The standard InChI is InChI=1S/C18H19ClN6S/c1-3-15-23-10(2)13(24-15)9-22-18-25-16(19)14(26-18)7-11-8-21-17-12(11)5-4-6-20-17/h4-6,8H,3,7,9H2,1-2H3,(H,20,21)(H,22,25)(H,23,24). The molecule has 0 atom stereocenters. The third-order valence-corrected chi connectivity index (χ3v) is 5.75. The third kappa shape index (κ3) is 3.32. The van der Waals surface area contributed by atoms with Crippen LogP contribution in [-0.2, 0) is 19.4 Å². The van der Waals surface area contributed by atoms with Gasteiger partial charge in [0.2, 0.25) is 0 Å². The number of pyridine rings is 1. The van der Waals surface area contributed by atoms with Gasteiger partial charge in [-0.1, -0.05) is 18.5 Å². The summed E-state index contributed by atoms with van der Waals surface area (Å²) in [4.78, 5) is 20.9. The van der Waals surface area contributed by atoms with Crippen LogP contribution in [0.15, 0.2) is 24.5 Å². The number of nitrogens with one attached hydrogen (secondary N) is 3. The lowest BCUT2D eigenvalue weighted by atomic mass is 10.1. The van der Waals surface area contributed by atoms with Crippen molar-refractivity contribution in [2.75, 3.05) is 5.32 Å². The van der Waals surface area contributed by atoms with Crippen molar-refractivity contribution in [3.05, 3.63) is 57.3 Å². The second-order valence-electron chi connectivity index (χ2n) is 6.09. The first-order valence-corrected chi connectivity index (χ1v) is 9.68. The molecule has 6 nitrogen and oxygen atoms in total. The van der Waals surface area contributed by atoms with Gasteiger partial charge in [-0.05, 0) is 24.6 Å². The minimum Gasteiger partial charge on any atom is -0.356 e. The predicted molar refractivity (Wildman–Crippen MR) is 106 cm³/mol. The van der Waals surface area contributed by atoms with E-state index in [1.807, 2.05) is 19.2 Å². The van der Waals surface area contributed by atoms with E-state index in [0.29, 0.717) is 11.7 Å². The fourth-order valence-electron chi connectivity index (χ4n) is 2.91. The molecule has 4 aromatic heterocycles. The average Bonchev–Trinajstić information content (AvgIpc) is 3.32. The Bertz CT molecular complexity index is 1050. The van der Waals surface area contributed by atoms with Crippen LogP contribution in [0.2, 0.25) is 5.15 Å². The molecule has 0 radical (unpaired) electrons. The molecule has 0 saturated carbocycles. The molecule has 3 N–H and O–H groups in total. The first-order valence-electron chi connectivity index (χ1n) is 8.48. The first-order chi connectivity index (χ1) is 12.6. The maximum atomic E-state index is 6.36. The topological polar surface area (TPSA) is 82.3 Å². The highest BCUT2D eigenvalue weighted by molar-refractivity contribution is 7.16. The molecule has 0 aliphatic rings. The molecule has 4 rings (SSSR count). The van der Waals surface area contributed by atoms with Gasteiger partial charge in [0.05, 0.1) is 17.1 Å². The van der Waals surface area contributed by atoms with E-state index in [-0.39, 0.29) is 0 Å². The van der Waals surface area contributed by atoms with Crippen LogP contribution in [0.25, 0.3) is 11.0 Å². The van der Waals surface area contributed by atoms with E-state index in [0.717, 1.165) is 51.1 Å². The Morgan fingerprint density at radius 1 is 1.31 bits per heavy atom. The second kappa shape index (κ2) is 7.09. The molecular weight excluding hydrogens is 368 g/mol. The lowest BCUT2D eigenvalue weighted by Gasteiger charge is -2.00. The van der Waals surface area contributed by atoms with E-state index < -0.39 is 0 Å². The number of aromatic amines is 2. The summed E-state index contributed by atoms with van der Waals surface area (Å²) in [6.07, 6.45) is 5.39. The van der Waals surface area contributed by atoms with Crippen LogP contribution < -0.4 is 5.32 Å². The summed E-state index contributed by atoms with van der Waals surface area (Å²) < 4.78 is 0. The summed E-state index contributed by atoms with van der Waals surface area (Å²) in [5.74, 6) is 1.00. The summed E-state index contributed by atoms with van der Waals surface area (Å²) >= 11 is 7.94. The van der Waals surface area contributed by atoms with E-state index in [9.17, 15) is 0 Å². The van der Waals surface area contributed by atoms with Crippen LogP contribution in [0.4, 0.5) is 5.13 Å². The Balaban J connectivity index is 1.49. The number of H-pyrrole nitrogens is 2. The molecule has 0 bridgehead atoms. The molecule has 0 unspecified atom stereocenters. The van der Waals surface area contributed by atoms with Gasteiger partial charge in [-0.3, -0.25) is 0 Å². The summed E-state index contributed by atoms with van der Waals surface area (Å²) in [7, 11) is 0. The molecule has 0 saturated heterocycles. The Morgan fingerprint density at radius 2 is 2.19 bits per heavy atom. The number of rotatable bonds is 6. The minimum atomic E-state index is 0.545. The van der Waals surface area contributed by atoms with Gasteiger partial charge in [0.1, 0.15) is 16.6 Å². The minimum absolute atomic E-state index is 0.545. The molecule has 0 aliphatic heterocycles. The molecule has 4 aromatic rings. The van der Waals surface area contributed by atoms with Gasteiger partial charge in [0, 0.05) is 36.3 Å². The highest BCUT2D eigenvalue weighted by atomic mass is 35.5. The fraction of sp³-hybridized carbons (Fsp3) is 0.278. The average molecular weight is 387 g/mol. The zero-order valence-corrected chi connectivity index (χ0v) is 16.1. The molecule has 0 aromatic carbocycles. The van der Waals surface area contributed by atoms with Crippen molar-refractivity contribution < 1.29 is 0 Å². The zero-order valence-electron chi connectivity index (χ0n) is 14.6. The van der Waals surface area contributed by atoms with E-state index in [4.69, 9.17) is 11.6 Å². The SMILES string of the molecule is CCc1nc(CNc2nc(Cl)c(Cc3c[nH]c4ncccc34)s2)c(C)[nH]1. The van der Waals surface area contributed by atoms with Crippen molar-refractivity contribution in [1.82, 2.24) is 24.9 Å². The number of hydrogen-bond acceptors (Lipinski definition) is 5. The van der Waals surface area contributed by atoms with Crippen molar-refractivity contribution in [1.29, 1.82) is 0 Å². The first kappa shape index (κ1) is 17.1. The lowest BCUT2D eigenvalue weighted by Crippen LogP contribution is -2.00. The van der Waals surface area contributed by atoms with Crippen LogP contribution in [0.5, 0.6) is 0 Å². The van der Waals surface area contributed by atoms with E-state index >= 15 is 0 Å². The van der Waals surface area contributed by atoms with Gasteiger partial charge in [-0.15, -0.1) is 11.3 Å². The number of nitrogens with zero attached hydrogens (tertiary/aromatic N) is 3. The number of aromatic nitrogens is 5. The highest BCUT2D eigenvalue weighted by Gasteiger charge is 2.13. The van der Waals surface area contributed by atoms with Crippen molar-refractivity contribution in [2.24, 2.45) is 0 Å². The zero-order chi connectivity index (χ0) is 18.1. The molecule has 26 heavy (non-hydrogen) atoms. The van der Waals surface area contributed by atoms with Crippen LogP contribution in [0, 0.1) is 6.92 Å². The van der Waals surface area contributed by atoms with Gasteiger partial charge in [0.15, 0.2) is 5.13 Å². The number of halogens is 1. The smallest absolute Gasteiger partial charge is 0.184 e. The van der Waals surface area contributed by atoms with Gasteiger partial charge < -0.3 is 15.3 Å². The van der Waals surface area contributed by atoms with Crippen molar-refractivity contribution in [3.63, 3.8) is 0 Å². The summed E-state index contributed by atoms with van der Waals surface area (Å²) in [5.41, 5.74) is 4.16. The molecule has 0 amide bonds. The molecule has 0 spiro atoms. The maximum Gasteiger partial charge on any atom is 0.184 e. The van der Waals surface area contributed by atoms with Crippen LogP contribution in [0.1, 0.15) is 34.6 Å². The van der Waals surface area contributed by atoms with Crippen molar-refractivity contribution >= 4 is 39.1 Å². The molecule has 134 valence electrons. The van der Waals surface area contributed by atoms with E-state index in [1.165, 1.54) is 5.56 Å². The van der Waals surface area contributed by atoms with Gasteiger partial charge in [-0.25, -0.2) is 15.0 Å². The Kier molecular flexibility index (Phi) is 4.65. The number of aryl methyl sites for hydroxylation is 2. The van der Waals surface area contributed by atoms with Crippen molar-refractivity contribution in [2.45, 2.75) is 33.2 Å². The van der Waals surface area contributed by atoms with Crippen LogP contribution in [0.3, 0.4) is 0 Å². The monoisotopic (exact) mass is 386 g/mol. The predicted octanol–water partition coefficient (Wildman–Crippen LogP) is 4.47. The Morgan fingerprint density at radius 3 is 3.00 bits per heavy atom. The normalized spacial score (nSPS) is 11.3. The summed E-state index contributed by atoms with van der Waals surface area (Å²) in [6, 6.07) is 4.01. The Hall–Kier alpha value is -2.38. The second-order valence-corrected chi connectivity index (χ2v) is 7.53. The van der Waals surface area contributed by atoms with E-state index in [1.54, 1.807) is 17.5 Å². The van der Waals surface area contributed by atoms with Crippen LogP contribution in [-0.4, -0.2) is 24.9 Å². The lowest BCUT2D eigenvalue weighted by molar-refractivity contribution is 0.964. The number of fused-ring (bicyclic) bond motifs is 1. The highest BCUT2D eigenvalue weighted by Crippen LogP contribution is 2.31. The molecule has 4 heterocycles. The third-order valence-electron chi connectivity index (χ3n) is 4.31. The van der Waals surface area contributed by atoms with Crippen molar-refractivity contribution in [3.8, 4) is 0 Å². The summed E-state index contributed by atoms with van der Waals surface area (Å²) in [5, 5.41) is 5.81. The quantitative estimate of drug-likeness (QED) is 0.456. The van der Waals surface area contributed by atoms with Gasteiger partial charge in [0.25, 0.3) is 0 Å². The fourth-order valence-corrected chi connectivity index (χ4v) is 4.10. The summed E-state index contributed by atoms with van der Waals surface area (Å²) in [6.45, 7) is 4.75. The van der Waals surface area contributed by atoms with Crippen LogP contribution >= 0.6 is 22.9 Å². The number of imidazole rings is 1. The number of anilines is 1. The largest absolute Gasteiger partial charge is 0.356 e. The molecule has 8 heteroatoms. The van der Waals surface area contributed by atoms with E-state index in [2.05, 4.69) is 43.2 Å². The number of thiazole rings is 1. The molecule has 0 aliphatic carbocycles. The molecule has 0 fully saturated rings. The Labute approximate surface area is 160 Å². The van der Waals surface area contributed by atoms with Gasteiger partial charge in [-0.2, -0.15) is 0 Å². The maximum absolute atomic E-state index is 6.36. The molecular formula is C18H19ClN6S. The van der Waals surface area contributed by atoms with Gasteiger partial charge >= 0.3 is 0 Å². The number of hydrogen-bond donors (Lipinski definition) is 3.